The zero-order chi connectivity index (χ0) is 25.1. The average Bonchev–Trinajstić information content (AvgIpc) is 2.64. The van der Waals surface area contributed by atoms with E-state index in [2.05, 4.69) is 118 Å². The van der Waals surface area contributed by atoms with Crippen LogP contribution in [-0.4, -0.2) is 14.1 Å². The van der Waals surface area contributed by atoms with E-state index < -0.39 is 0 Å². The largest absolute Gasteiger partial charge is 2.00 e. The van der Waals surface area contributed by atoms with E-state index in [-0.39, 0.29) is 54.5 Å². The zero-order valence-electron chi connectivity index (χ0n) is 24.0. The molecule has 0 aliphatic heterocycles. The van der Waals surface area contributed by atoms with E-state index in [1.165, 1.54) is 33.6 Å². The van der Waals surface area contributed by atoms with Crippen molar-refractivity contribution in [2.45, 2.75) is 105 Å². The molecule has 0 atom stereocenters. The van der Waals surface area contributed by atoms with Crippen molar-refractivity contribution >= 4 is 23.8 Å². The second-order valence-corrected chi connectivity index (χ2v) is 12.8. The van der Waals surface area contributed by atoms with Crippen molar-refractivity contribution < 1.29 is 20.4 Å². The number of halogens is 1. The molecule has 0 radical (unpaired) electrons. The van der Waals surface area contributed by atoms with E-state index in [0.717, 1.165) is 0 Å². The molecule has 0 bridgehead atoms. The van der Waals surface area contributed by atoms with E-state index in [1.54, 1.807) is 0 Å². The zero-order valence-corrected chi connectivity index (χ0v) is 26.4. The molecule has 196 valence electrons. The minimum atomic E-state index is 0. The van der Waals surface area contributed by atoms with Crippen LogP contribution in [0, 0.1) is 12.1 Å². The van der Waals surface area contributed by atoms with Crippen molar-refractivity contribution in [2.24, 2.45) is 0 Å². The smallest absolute Gasteiger partial charge is 0.409 e. The van der Waals surface area contributed by atoms with Gasteiger partial charge in [-0.1, -0.05) is 105 Å². The second kappa shape index (κ2) is 12.8. The molecule has 0 heterocycles. The molecule has 0 unspecified atom stereocenters. The van der Waals surface area contributed by atoms with E-state index in [0.29, 0.717) is 0 Å². The topological polar surface area (TPSA) is 24.1 Å². The Kier molecular flexibility index (Phi) is 13.2. The standard InChI is InChI=1S/2C15H24N.ClH.Pd/c2*1-14(2,3)11-9-8-10-12(16-7)13(11)15(4,5)6;;/h2*8,10,16H,1-7H3;1H;/q2*-1;;+2. The van der Waals surface area contributed by atoms with Crippen LogP contribution in [0.25, 0.3) is 0 Å². The summed E-state index contributed by atoms with van der Waals surface area (Å²) in [4.78, 5) is 0. The van der Waals surface area contributed by atoms with Crippen LogP contribution in [0.2, 0.25) is 0 Å². The summed E-state index contributed by atoms with van der Waals surface area (Å²) in [6.45, 7) is 27.0. The van der Waals surface area contributed by atoms with E-state index >= 15 is 0 Å². The fourth-order valence-corrected chi connectivity index (χ4v) is 4.15. The fraction of sp³-hybridized carbons (Fsp3) is 0.600. The van der Waals surface area contributed by atoms with Gasteiger partial charge in [-0.3, -0.25) is 0 Å². The van der Waals surface area contributed by atoms with E-state index in [9.17, 15) is 0 Å². The first-order chi connectivity index (χ1) is 14.4. The van der Waals surface area contributed by atoms with Crippen LogP contribution in [-0.2, 0) is 42.1 Å². The van der Waals surface area contributed by atoms with Crippen molar-refractivity contribution in [1.29, 1.82) is 0 Å². The van der Waals surface area contributed by atoms with Crippen LogP contribution in [0.4, 0.5) is 11.4 Å². The Bertz CT molecular complexity index is 816. The molecule has 0 amide bonds. The minimum absolute atomic E-state index is 0. The molecule has 2 nitrogen and oxygen atoms in total. The van der Waals surface area contributed by atoms with Crippen molar-refractivity contribution in [1.82, 2.24) is 0 Å². The Morgan fingerprint density at radius 3 is 0.971 bits per heavy atom. The van der Waals surface area contributed by atoms with Crippen LogP contribution in [0.3, 0.4) is 0 Å². The third-order valence-corrected chi connectivity index (χ3v) is 5.53. The summed E-state index contributed by atoms with van der Waals surface area (Å²) in [6.07, 6.45) is 0. The Labute approximate surface area is 231 Å². The first kappa shape index (κ1) is 35.2. The molecular weight excluding hydrogens is 530 g/mol. The monoisotopic (exact) mass is 578 g/mol. The van der Waals surface area contributed by atoms with Crippen LogP contribution >= 0.6 is 12.4 Å². The molecule has 4 heteroatoms. The fourth-order valence-electron chi connectivity index (χ4n) is 4.15. The van der Waals surface area contributed by atoms with Crippen LogP contribution in [0.15, 0.2) is 24.3 Å². The Balaban J connectivity index is 0. The van der Waals surface area contributed by atoms with Gasteiger partial charge in [0.1, 0.15) is 0 Å². The summed E-state index contributed by atoms with van der Waals surface area (Å²) in [5.74, 6) is 0. The molecule has 0 aliphatic carbocycles. The summed E-state index contributed by atoms with van der Waals surface area (Å²) in [5.41, 5.74) is 8.36. The van der Waals surface area contributed by atoms with Crippen molar-refractivity contribution in [3.63, 3.8) is 0 Å². The van der Waals surface area contributed by atoms with Gasteiger partial charge in [0.2, 0.25) is 0 Å². The number of hydrogen-bond acceptors (Lipinski definition) is 2. The third-order valence-electron chi connectivity index (χ3n) is 5.53. The van der Waals surface area contributed by atoms with Gasteiger partial charge in [0.15, 0.2) is 0 Å². The minimum Gasteiger partial charge on any atom is -0.409 e. The first-order valence-electron chi connectivity index (χ1n) is 11.8. The predicted molar refractivity (Wildman–Crippen MR) is 152 cm³/mol. The molecule has 2 aromatic carbocycles. The summed E-state index contributed by atoms with van der Waals surface area (Å²) in [7, 11) is 3.97. The SMILES string of the molecule is CNc1cc[c-]c(C(C)(C)C)c1C(C)(C)C.CNc1cc[c-]c(C(C)(C)C)c1C(C)(C)C.Cl.[Pd+2]. The van der Waals surface area contributed by atoms with Crippen LogP contribution in [0.5, 0.6) is 0 Å². The Morgan fingerprint density at radius 2 is 0.794 bits per heavy atom. The molecule has 34 heavy (non-hydrogen) atoms. The van der Waals surface area contributed by atoms with Gasteiger partial charge in [0, 0.05) is 14.1 Å². The number of hydrogen-bond donors (Lipinski definition) is 2. The van der Waals surface area contributed by atoms with Gasteiger partial charge < -0.3 is 10.6 Å². The molecule has 0 fully saturated rings. The summed E-state index contributed by atoms with van der Waals surface area (Å²) >= 11 is 0. The van der Waals surface area contributed by atoms with Gasteiger partial charge in [0.05, 0.1) is 0 Å². The molecule has 0 saturated heterocycles. The molecular formula is C30H49ClN2Pd. The van der Waals surface area contributed by atoms with E-state index in [1.807, 2.05) is 26.2 Å². The maximum absolute atomic E-state index is 3.42. The van der Waals surface area contributed by atoms with Crippen molar-refractivity contribution in [3.8, 4) is 0 Å². The number of rotatable bonds is 2. The molecule has 0 saturated carbocycles. The van der Waals surface area contributed by atoms with Gasteiger partial charge in [0.25, 0.3) is 0 Å². The maximum atomic E-state index is 3.42. The summed E-state index contributed by atoms with van der Waals surface area (Å²) in [6, 6.07) is 15.1. The third kappa shape index (κ3) is 9.22. The second-order valence-electron chi connectivity index (χ2n) is 12.8. The maximum Gasteiger partial charge on any atom is 2.00 e. The van der Waals surface area contributed by atoms with Gasteiger partial charge in [-0.15, -0.1) is 35.7 Å². The summed E-state index contributed by atoms with van der Waals surface area (Å²) < 4.78 is 0. The predicted octanol–water partition coefficient (Wildman–Crippen LogP) is 8.67. The molecule has 2 N–H and O–H groups in total. The quantitative estimate of drug-likeness (QED) is 0.275. The van der Waals surface area contributed by atoms with Gasteiger partial charge in [-0.25, -0.2) is 0 Å². The molecule has 0 aromatic heterocycles. The molecule has 0 spiro atoms. The molecule has 2 aromatic rings. The van der Waals surface area contributed by atoms with Gasteiger partial charge in [-0.05, 0) is 10.8 Å². The Hall–Kier alpha value is -1.01. The van der Waals surface area contributed by atoms with Crippen LogP contribution in [0.1, 0.15) is 105 Å². The number of nitrogens with one attached hydrogen (secondary N) is 2. The number of benzene rings is 2. The molecule has 2 rings (SSSR count). The van der Waals surface area contributed by atoms with Crippen molar-refractivity contribution in [3.05, 3.63) is 58.7 Å². The Morgan fingerprint density at radius 1 is 0.529 bits per heavy atom. The number of anilines is 2. The summed E-state index contributed by atoms with van der Waals surface area (Å²) in [5, 5.41) is 6.59. The van der Waals surface area contributed by atoms with E-state index in [4.69, 9.17) is 0 Å². The van der Waals surface area contributed by atoms with Gasteiger partial charge in [-0.2, -0.15) is 35.4 Å². The normalized spacial score (nSPS) is 11.9. The van der Waals surface area contributed by atoms with Gasteiger partial charge >= 0.3 is 20.4 Å². The van der Waals surface area contributed by atoms with Crippen molar-refractivity contribution in [2.75, 3.05) is 24.7 Å². The first-order valence-corrected chi connectivity index (χ1v) is 11.8. The molecule has 0 aliphatic rings. The van der Waals surface area contributed by atoms with Crippen LogP contribution < -0.4 is 10.6 Å². The average molecular weight is 580 g/mol.